The summed E-state index contributed by atoms with van der Waals surface area (Å²) in [5, 5.41) is 0. The molecule has 0 aliphatic heterocycles. The Bertz CT molecular complexity index is 102. The molecular weight excluding hydrogens is 146 g/mol. The molecule has 0 heterocycles. The van der Waals surface area contributed by atoms with Gasteiger partial charge in [-0.3, -0.25) is 0 Å². The summed E-state index contributed by atoms with van der Waals surface area (Å²) in [6, 6.07) is 0. The number of nitrogens with two attached hydrogens (primary N) is 1. The molecule has 0 saturated heterocycles. The van der Waals surface area contributed by atoms with E-state index in [-0.39, 0.29) is 5.41 Å². The Morgan fingerprint density at radius 2 is 1.67 bits per heavy atom. The second-order valence-corrected chi connectivity index (χ2v) is 3.42. The zero-order valence-corrected chi connectivity index (χ0v) is 9.35. The van der Waals surface area contributed by atoms with Gasteiger partial charge in [0.05, 0.1) is 0 Å². The fraction of sp³-hybridized carbons (Fsp3) is 0.818. The number of rotatable bonds is 3. The van der Waals surface area contributed by atoms with Gasteiger partial charge in [0, 0.05) is 6.54 Å². The van der Waals surface area contributed by atoms with Crippen LogP contribution < -0.4 is 5.73 Å². The van der Waals surface area contributed by atoms with Crippen LogP contribution in [0.2, 0.25) is 0 Å². The van der Waals surface area contributed by atoms with E-state index in [1.54, 1.807) is 0 Å². The molecule has 0 spiro atoms. The maximum Gasteiger partial charge on any atom is 0.00114 e. The van der Waals surface area contributed by atoms with Crippen LogP contribution in [-0.4, -0.2) is 6.54 Å². The fourth-order valence-corrected chi connectivity index (χ4v) is 0.733. The lowest BCUT2D eigenvalue weighted by Gasteiger charge is -2.20. The van der Waals surface area contributed by atoms with Crippen LogP contribution in [0.1, 0.15) is 47.5 Å². The van der Waals surface area contributed by atoms with Crippen molar-refractivity contribution in [1.29, 1.82) is 0 Å². The molecule has 0 aliphatic rings. The van der Waals surface area contributed by atoms with Crippen molar-refractivity contribution in [1.82, 2.24) is 0 Å². The molecule has 12 heavy (non-hydrogen) atoms. The summed E-state index contributed by atoms with van der Waals surface area (Å²) in [6.45, 7) is 11.4. The summed E-state index contributed by atoms with van der Waals surface area (Å²) in [5.41, 5.74) is 5.78. The van der Waals surface area contributed by atoms with Crippen molar-refractivity contribution in [2.24, 2.45) is 11.1 Å². The minimum absolute atomic E-state index is 0.231. The number of allylic oxidation sites excluding steroid dienone is 1. The fourth-order valence-electron chi connectivity index (χ4n) is 0.733. The van der Waals surface area contributed by atoms with Crippen LogP contribution in [-0.2, 0) is 0 Å². The molecule has 74 valence electrons. The van der Waals surface area contributed by atoms with Gasteiger partial charge in [-0.2, -0.15) is 0 Å². The molecule has 1 heteroatoms. The molecule has 0 aromatic carbocycles. The van der Waals surface area contributed by atoms with Gasteiger partial charge < -0.3 is 5.73 Å². The molecule has 1 nitrogen and oxygen atoms in total. The number of hydrogen-bond donors (Lipinski definition) is 1. The Morgan fingerprint density at radius 3 is 1.75 bits per heavy atom. The van der Waals surface area contributed by atoms with Crippen LogP contribution >= 0.6 is 0 Å². The average Bonchev–Trinajstić information content (AvgIpc) is 2.06. The first-order chi connectivity index (χ1) is 5.60. The van der Waals surface area contributed by atoms with E-state index in [0.29, 0.717) is 0 Å². The van der Waals surface area contributed by atoms with Crippen LogP contribution in [0.5, 0.6) is 0 Å². The lowest BCUT2D eigenvalue weighted by molar-refractivity contribution is 0.424. The van der Waals surface area contributed by atoms with Gasteiger partial charge in [0.2, 0.25) is 0 Å². The Morgan fingerprint density at radius 1 is 1.25 bits per heavy atom. The predicted octanol–water partition coefficient (Wildman–Crippen LogP) is 3.35. The van der Waals surface area contributed by atoms with Gasteiger partial charge in [0.15, 0.2) is 0 Å². The molecule has 0 amide bonds. The smallest absolute Gasteiger partial charge is 0.00114 e. The number of hydrogen-bond acceptors (Lipinski definition) is 1. The van der Waals surface area contributed by atoms with Crippen molar-refractivity contribution < 1.29 is 0 Å². The van der Waals surface area contributed by atoms with Gasteiger partial charge in [-0.15, -0.1) is 0 Å². The van der Waals surface area contributed by atoms with Gasteiger partial charge in [0.25, 0.3) is 0 Å². The quantitative estimate of drug-likeness (QED) is 0.647. The van der Waals surface area contributed by atoms with E-state index in [2.05, 4.69) is 39.8 Å². The topological polar surface area (TPSA) is 26.0 Å². The van der Waals surface area contributed by atoms with Crippen LogP contribution in [0.15, 0.2) is 12.2 Å². The maximum atomic E-state index is 5.55. The zero-order valence-electron chi connectivity index (χ0n) is 9.35. The van der Waals surface area contributed by atoms with Crippen molar-refractivity contribution in [2.75, 3.05) is 6.54 Å². The highest BCUT2D eigenvalue weighted by atomic mass is 14.6. The van der Waals surface area contributed by atoms with E-state index >= 15 is 0 Å². The van der Waals surface area contributed by atoms with E-state index < -0.39 is 0 Å². The van der Waals surface area contributed by atoms with Crippen molar-refractivity contribution in [2.45, 2.75) is 47.5 Å². The molecule has 1 unspecified atom stereocenters. The van der Waals surface area contributed by atoms with Crippen molar-refractivity contribution in [3.63, 3.8) is 0 Å². The standard InChI is InChI=1S/C8H17N.C3H8/c1-4-6-8(3,5-2)7-9;1-3-2/h4,6H,5,7,9H2,1-3H3;3H2,1-2H3/b6-4-;. The van der Waals surface area contributed by atoms with Crippen molar-refractivity contribution in [3.05, 3.63) is 12.2 Å². The third-order valence-corrected chi connectivity index (χ3v) is 1.84. The van der Waals surface area contributed by atoms with E-state index in [1.165, 1.54) is 6.42 Å². The maximum absolute atomic E-state index is 5.55. The summed E-state index contributed by atoms with van der Waals surface area (Å²) < 4.78 is 0. The van der Waals surface area contributed by atoms with Gasteiger partial charge in [0.1, 0.15) is 0 Å². The minimum Gasteiger partial charge on any atom is -0.330 e. The molecule has 0 bridgehead atoms. The summed E-state index contributed by atoms with van der Waals surface area (Å²) in [7, 11) is 0. The SMILES string of the molecule is C/C=C\C(C)(CC)CN.CCC. The Kier molecular flexibility index (Phi) is 10.4. The molecule has 0 fully saturated rings. The molecule has 1 atom stereocenters. The summed E-state index contributed by atoms with van der Waals surface area (Å²) in [4.78, 5) is 0. The molecule has 0 saturated carbocycles. The Hall–Kier alpha value is -0.300. The first-order valence-electron chi connectivity index (χ1n) is 4.94. The van der Waals surface area contributed by atoms with Crippen LogP contribution in [0, 0.1) is 5.41 Å². The van der Waals surface area contributed by atoms with Crippen LogP contribution in [0.4, 0.5) is 0 Å². The van der Waals surface area contributed by atoms with Gasteiger partial charge >= 0.3 is 0 Å². The highest BCUT2D eigenvalue weighted by Crippen LogP contribution is 2.20. The predicted molar refractivity (Wildman–Crippen MR) is 58.2 cm³/mol. The molecule has 0 aromatic rings. The summed E-state index contributed by atoms with van der Waals surface area (Å²) in [6.07, 6.45) is 6.61. The molecule has 2 N–H and O–H groups in total. The lowest BCUT2D eigenvalue weighted by Crippen LogP contribution is -2.23. The van der Waals surface area contributed by atoms with Crippen LogP contribution in [0.25, 0.3) is 0 Å². The largest absolute Gasteiger partial charge is 0.330 e. The molecule has 0 aromatic heterocycles. The van der Waals surface area contributed by atoms with Crippen LogP contribution in [0.3, 0.4) is 0 Å². The molecule has 0 radical (unpaired) electrons. The van der Waals surface area contributed by atoms with E-state index in [1.807, 2.05) is 6.92 Å². The van der Waals surface area contributed by atoms with Crippen molar-refractivity contribution >= 4 is 0 Å². The zero-order chi connectivity index (χ0) is 10.0. The highest BCUT2D eigenvalue weighted by Gasteiger charge is 2.14. The molecule has 0 rings (SSSR count). The third kappa shape index (κ3) is 7.80. The summed E-state index contributed by atoms with van der Waals surface area (Å²) >= 11 is 0. The van der Waals surface area contributed by atoms with E-state index in [0.717, 1.165) is 13.0 Å². The second kappa shape index (κ2) is 8.79. The van der Waals surface area contributed by atoms with Crippen molar-refractivity contribution in [3.8, 4) is 0 Å². The lowest BCUT2D eigenvalue weighted by atomic mass is 9.87. The molecule has 0 aliphatic carbocycles. The van der Waals surface area contributed by atoms with E-state index in [9.17, 15) is 0 Å². The first kappa shape index (κ1) is 14.2. The third-order valence-electron chi connectivity index (χ3n) is 1.84. The highest BCUT2D eigenvalue weighted by molar-refractivity contribution is 4.95. The van der Waals surface area contributed by atoms with Gasteiger partial charge in [-0.25, -0.2) is 0 Å². The monoisotopic (exact) mass is 171 g/mol. The molecular formula is C11H25N. The Labute approximate surface area is 78.0 Å². The summed E-state index contributed by atoms with van der Waals surface area (Å²) in [5.74, 6) is 0. The normalized spacial score (nSPS) is 15.2. The van der Waals surface area contributed by atoms with Gasteiger partial charge in [-0.1, -0.05) is 46.3 Å². The second-order valence-electron chi connectivity index (χ2n) is 3.42. The average molecular weight is 171 g/mol. The Balaban J connectivity index is 0. The minimum atomic E-state index is 0.231. The van der Waals surface area contributed by atoms with E-state index in [4.69, 9.17) is 5.73 Å². The van der Waals surface area contributed by atoms with Gasteiger partial charge in [-0.05, 0) is 18.8 Å². The first-order valence-corrected chi connectivity index (χ1v) is 4.94.